The van der Waals surface area contributed by atoms with E-state index in [0.717, 1.165) is 0 Å². The zero-order valence-corrected chi connectivity index (χ0v) is 7.88. The van der Waals surface area contributed by atoms with Crippen molar-refractivity contribution in [1.29, 1.82) is 0 Å². The minimum atomic E-state index is -2.72. The van der Waals surface area contributed by atoms with Crippen LogP contribution in [0.25, 0.3) is 0 Å². The molecular weight excluding hydrogens is 167 g/mol. The molecule has 0 saturated heterocycles. The summed E-state index contributed by atoms with van der Waals surface area (Å²) in [5.74, 6) is 0. The average Bonchev–Trinajstić information content (AvgIpc) is 1.88. The number of aliphatic hydroxyl groups excluding tert-OH is 1. The lowest BCUT2D eigenvalue weighted by Gasteiger charge is -2.13. The zero-order valence-electron chi connectivity index (χ0n) is 6.99. The van der Waals surface area contributed by atoms with Gasteiger partial charge < -0.3 is 5.11 Å². The number of aliphatic hydroxyl groups is 1. The smallest absolute Gasteiger partial charge is 0.392 e. The van der Waals surface area contributed by atoms with Crippen molar-refractivity contribution in [3.05, 3.63) is 0 Å². The largest absolute Gasteiger partial charge is 0.411 e. The van der Waals surface area contributed by atoms with E-state index < -0.39 is 7.94 Å². The summed E-state index contributed by atoms with van der Waals surface area (Å²) in [6, 6.07) is 0. The van der Waals surface area contributed by atoms with E-state index in [1.165, 1.54) is 0 Å². The van der Waals surface area contributed by atoms with Gasteiger partial charge in [0.15, 0.2) is 6.16 Å². The van der Waals surface area contributed by atoms with Gasteiger partial charge in [-0.2, -0.15) is 13.9 Å². The second kappa shape index (κ2) is 5.86. The first-order valence-electron chi connectivity index (χ1n) is 3.69. The van der Waals surface area contributed by atoms with Crippen molar-refractivity contribution in [3.63, 3.8) is 0 Å². The highest BCUT2D eigenvalue weighted by Gasteiger charge is 2.38. The summed E-state index contributed by atoms with van der Waals surface area (Å²) >= 11 is 0. The molecule has 0 bridgehead atoms. The molecule has 0 saturated carbocycles. The van der Waals surface area contributed by atoms with Crippen LogP contribution in [-0.4, -0.2) is 36.0 Å². The molecule has 0 aromatic heterocycles. The summed E-state index contributed by atoms with van der Waals surface area (Å²) in [5.41, 5.74) is 0. The Hall–Kier alpha value is 0.270. The van der Waals surface area contributed by atoms with Gasteiger partial charge in [-0.3, -0.25) is 0 Å². The van der Waals surface area contributed by atoms with Gasteiger partial charge in [0.1, 0.15) is 0 Å². The number of hydrogen-bond acceptors (Lipinski definition) is 4. The maximum absolute atomic E-state index is 9.52. The van der Waals surface area contributed by atoms with Crippen LogP contribution in [0, 0.1) is 0 Å². The Kier molecular flexibility index (Phi) is 6.01. The summed E-state index contributed by atoms with van der Waals surface area (Å²) < 4.78 is 9.99. The third-order valence-electron chi connectivity index (χ3n) is 1.04. The maximum atomic E-state index is 9.52. The van der Waals surface area contributed by atoms with Crippen LogP contribution >= 0.6 is 7.94 Å². The molecular formula is C6H16O4P+. The molecule has 0 heterocycles. The van der Waals surface area contributed by atoms with Crippen molar-refractivity contribution in [2.24, 2.45) is 0 Å². The van der Waals surface area contributed by atoms with Crippen molar-refractivity contribution in [2.75, 3.05) is 26.0 Å². The molecule has 68 valence electrons. The first kappa shape index (κ1) is 11.3. The standard InChI is InChI=1S/C6H16O4P/c1-3-9-11(8,6-5-7)10-4-2/h7-8H,3-6H2,1-2H3/q+1. The normalized spacial score (nSPS) is 12.0. The predicted molar refractivity (Wildman–Crippen MR) is 44.3 cm³/mol. The topological polar surface area (TPSA) is 58.9 Å². The molecule has 0 fully saturated rings. The van der Waals surface area contributed by atoms with Crippen LogP contribution in [0.5, 0.6) is 0 Å². The Bertz CT molecular complexity index is 81.6. The van der Waals surface area contributed by atoms with Gasteiger partial charge in [0.2, 0.25) is 0 Å². The summed E-state index contributed by atoms with van der Waals surface area (Å²) in [7, 11) is -2.72. The molecule has 0 aromatic carbocycles. The first-order chi connectivity index (χ1) is 5.18. The summed E-state index contributed by atoms with van der Waals surface area (Å²) in [4.78, 5) is 9.52. The molecule has 0 aliphatic carbocycles. The molecule has 0 amide bonds. The van der Waals surface area contributed by atoms with Gasteiger partial charge in [-0.1, -0.05) is 0 Å². The van der Waals surface area contributed by atoms with Crippen molar-refractivity contribution in [3.8, 4) is 0 Å². The van der Waals surface area contributed by atoms with E-state index in [1.807, 2.05) is 0 Å². The zero-order chi connectivity index (χ0) is 8.74. The second-order valence-corrected chi connectivity index (χ2v) is 4.16. The fraction of sp³-hybridized carbons (Fsp3) is 1.00. The van der Waals surface area contributed by atoms with Crippen molar-refractivity contribution >= 4 is 7.94 Å². The van der Waals surface area contributed by atoms with E-state index in [9.17, 15) is 4.89 Å². The summed E-state index contributed by atoms with van der Waals surface area (Å²) in [5, 5.41) is 8.56. The lowest BCUT2D eigenvalue weighted by atomic mass is 10.9. The molecule has 4 nitrogen and oxygen atoms in total. The SMILES string of the molecule is CCO[P+](O)(CCO)OCC. The monoisotopic (exact) mass is 183 g/mol. The molecule has 2 N–H and O–H groups in total. The molecule has 0 spiro atoms. The summed E-state index contributed by atoms with van der Waals surface area (Å²) in [6.45, 7) is 4.27. The molecule has 0 atom stereocenters. The van der Waals surface area contributed by atoms with Gasteiger partial charge in [-0.25, -0.2) is 0 Å². The minimum absolute atomic E-state index is 0.107. The lowest BCUT2D eigenvalue weighted by Crippen LogP contribution is -2.09. The Morgan fingerprint density at radius 3 is 1.91 bits per heavy atom. The van der Waals surface area contributed by atoms with E-state index in [0.29, 0.717) is 13.2 Å². The molecule has 0 aromatic rings. The van der Waals surface area contributed by atoms with Crippen LogP contribution < -0.4 is 0 Å². The van der Waals surface area contributed by atoms with Crippen molar-refractivity contribution in [2.45, 2.75) is 13.8 Å². The quantitative estimate of drug-likeness (QED) is 0.598. The van der Waals surface area contributed by atoms with E-state index in [-0.39, 0.29) is 12.8 Å². The molecule has 0 rings (SSSR count). The van der Waals surface area contributed by atoms with E-state index in [2.05, 4.69) is 0 Å². The van der Waals surface area contributed by atoms with Gasteiger partial charge in [0.05, 0.1) is 19.8 Å². The highest BCUT2D eigenvalue weighted by Crippen LogP contribution is 2.56. The molecule has 0 unspecified atom stereocenters. The minimum Gasteiger partial charge on any atom is -0.392 e. The summed E-state index contributed by atoms with van der Waals surface area (Å²) in [6.07, 6.45) is 0.189. The second-order valence-electron chi connectivity index (χ2n) is 1.92. The lowest BCUT2D eigenvalue weighted by molar-refractivity contribution is 0.182. The van der Waals surface area contributed by atoms with Crippen LogP contribution in [0.3, 0.4) is 0 Å². The van der Waals surface area contributed by atoms with Gasteiger partial charge in [-0.15, -0.1) is 0 Å². The third-order valence-corrected chi connectivity index (χ3v) is 3.13. The fourth-order valence-electron chi connectivity index (χ4n) is 0.696. The van der Waals surface area contributed by atoms with Crippen LogP contribution in [0.4, 0.5) is 0 Å². The van der Waals surface area contributed by atoms with Crippen molar-refractivity contribution < 1.29 is 19.0 Å². The first-order valence-corrected chi connectivity index (χ1v) is 5.45. The third kappa shape index (κ3) is 4.67. The Balaban J connectivity index is 3.79. The van der Waals surface area contributed by atoms with Crippen molar-refractivity contribution in [1.82, 2.24) is 0 Å². The van der Waals surface area contributed by atoms with Crippen LogP contribution in [0.1, 0.15) is 13.8 Å². The predicted octanol–water partition coefficient (Wildman–Crippen LogP) is 0.807. The maximum Gasteiger partial charge on any atom is 0.411 e. The Morgan fingerprint density at radius 1 is 1.18 bits per heavy atom. The van der Waals surface area contributed by atoms with E-state index in [1.54, 1.807) is 13.8 Å². The molecule has 11 heavy (non-hydrogen) atoms. The van der Waals surface area contributed by atoms with Crippen LogP contribution in [-0.2, 0) is 9.05 Å². The van der Waals surface area contributed by atoms with Crippen LogP contribution in [0.2, 0.25) is 0 Å². The Labute approximate surface area is 67.7 Å². The highest BCUT2D eigenvalue weighted by molar-refractivity contribution is 7.60. The van der Waals surface area contributed by atoms with E-state index >= 15 is 0 Å². The van der Waals surface area contributed by atoms with E-state index in [4.69, 9.17) is 14.2 Å². The van der Waals surface area contributed by atoms with Crippen LogP contribution in [0.15, 0.2) is 0 Å². The molecule has 0 aliphatic heterocycles. The molecule has 0 radical (unpaired) electrons. The molecule has 5 heteroatoms. The van der Waals surface area contributed by atoms with Gasteiger partial charge in [0, 0.05) is 0 Å². The fourth-order valence-corrected chi connectivity index (χ4v) is 2.09. The Morgan fingerprint density at radius 2 is 1.64 bits per heavy atom. The average molecular weight is 183 g/mol. The van der Waals surface area contributed by atoms with Gasteiger partial charge >= 0.3 is 7.94 Å². The molecule has 0 aliphatic rings. The van der Waals surface area contributed by atoms with Gasteiger partial charge in [0.25, 0.3) is 0 Å². The van der Waals surface area contributed by atoms with Gasteiger partial charge in [-0.05, 0) is 13.8 Å². The highest BCUT2D eigenvalue weighted by atomic mass is 31.2. The number of hydrogen-bond donors (Lipinski definition) is 2. The number of rotatable bonds is 6.